The Morgan fingerprint density at radius 3 is 2.25 bits per heavy atom. The Bertz CT molecular complexity index is 58.8. The predicted molar refractivity (Wildman–Crippen MR) is 29.1 cm³/mol. The van der Waals surface area contributed by atoms with E-state index in [-0.39, 0.29) is 6.29 Å². The monoisotopic (exact) mass is 117 g/mol. The van der Waals surface area contributed by atoms with E-state index in [1.54, 1.807) is 0 Å². The highest BCUT2D eigenvalue weighted by Crippen LogP contribution is 2.01. The third-order valence-corrected chi connectivity index (χ3v) is 1.06. The molecular formula is C5H11NO2. The van der Waals surface area contributed by atoms with Crippen molar-refractivity contribution in [1.82, 2.24) is 4.90 Å². The molecule has 0 unspecified atom stereocenters. The van der Waals surface area contributed by atoms with Crippen LogP contribution in [0.3, 0.4) is 0 Å². The molecule has 1 aliphatic heterocycles. The van der Waals surface area contributed by atoms with Crippen LogP contribution in [0.4, 0.5) is 0 Å². The fraction of sp³-hybridized carbons (Fsp3) is 1.00. The van der Waals surface area contributed by atoms with Crippen LogP contribution in [-0.2, 0) is 9.47 Å². The zero-order valence-electron chi connectivity index (χ0n) is 5.26. The van der Waals surface area contributed by atoms with Gasteiger partial charge in [0.1, 0.15) is 13.5 Å². The number of ether oxygens (including phenoxy) is 2. The molecule has 0 spiro atoms. The average molecular weight is 117 g/mol. The Balaban J connectivity index is 2.19. The summed E-state index contributed by atoms with van der Waals surface area (Å²) in [6, 6.07) is 0. The van der Waals surface area contributed by atoms with E-state index in [0.29, 0.717) is 13.5 Å². The Kier molecular flexibility index (Phi) is 1.83. The molecule has 0 bridgehead atoms. The van der Waals surface area contributed by atoms with Gasteiger partial charge in [0, 0.05) is 0 Å². The molecule has 0 aromatic carbocycles. The highest BCUT2D eigenvalue weighted by molar-refractivity contribution is 4.41. The molecule has 3 heteroatoms. The molecule has 1 saturated heterocycles. The maximum absolute atomic E-state index is 5.09. The maximum atomic E-state index is 5.09. The van der Waals surface area contributed by atoms with Gasteiger partial charge in [-0.05, 0) is 14.0 Å². The zero-order chi connectivity index (χ0) is 5.98. The van der Waals surface area contributed by atoms with Crippen molar-refractivity contribution in [1.29, 1.82) is 0 Å². The molecule has 1 heterocycles. The van der Waals surface area contributed by atoms with Crippen LogP contribution in [0, 0.1) is 0 Å². The lowest BCUT2D eigenvalue weighted by molar-refractivity contribution is -0.230. The van der Waals surface area contributed by atoms with E-state index in [1.165, 1.54) is 0 Å². The first kappa shape index (κ1) is 6.01. The summed E-state index contributed by atoms with van der Waals surface area (Å²) in [7, 11) is 1.95. The third kappa shape index (κ3) is 1.43. The van der Waals surface area contributed by atoms with Crippen LogP contribution in [0.5, 0.6) is 0 Å². The summed E-state index contributed by atoms with van der Waals surface area (Å²) in [5.41, 5.74) is 0. The van der Waals surface area contributed by atoms with Gasteiger partial charge in [0.2, 0.25) is 0 Å². The molecule has 0 atom stereocenters. The van der Waals surface area contributed by atoms with Crippen molar-refractivity contribution >= 4 is 0 Å². The topological polar surface area (TPSA) is 21.7 Å². The minimum absolute atomic E-state index is 0.0220. The fourth-order valence-corrected chi connectivity index (χ4v) is 0.550. The minimum atomic E-state index is -0.0220. The van der Waals surface area contributed by atoms with Crippen molar-refractivity contribution < 1.29 is 9.47 Å². The lowest BCUT2D eigenvalue weighted by Crippen LogP contribution is -2.35. The Labute approximate surface area is 49.2 Å². The summed E-state index contributed by atoms with van der Waals surface area (Å²) < 4.78 is 10.2. The van der Waals surface area contributed by atoms with E-state index >= 15 is 0 Å². The maximum Gasteiger partial charge on any atom is 0.158 e. The second kappa shape index (κ2) is 2.44. The van der Waals surface area contributed by atoms with Crippen molar-refractivity contribution in [2.45, 2.75) is 13.2 Å². The molecule has 8 heavy (non-hydrogen) atoms. The summed E-state index contributed by atoms with van der Waals surface area (Å²) in [5, 5.41) is 0. The first-order valence-corrected chi connectivity index (χ1v) is 2.71. The molecule has 0 saturated carbocycles. The van der Waals surface area contributed by atoms with Crippen molar-refractivity contribution in [3.63, 3.8) is 0 Å². The smallest absolute Gasteiger partial charge is 0.158 e. The van der Waals surface area contributed by atoms with Gasteiger partial charge in [0.25, 0.3) is 0 Å². The predicted octanol–water partition coefficient (Wildman–Crippen LogP) is 0.226. The van der Waals surface area contributed by atoms with E-state index in [1.807, 2.05) is 18.9 Å². The average Bonchev–Trinajstić information content (AvgIpc) is 1.77. The van der Waals surface area contributed by atoms with Crippen LogP contribution in [0.25, 0.3) is 0 Å². The van der Waals surface area contributed by atoms with Gasteiger partial charge >= 0.3 is 0 Å². The molecule has 0 aliphatic carbocycles. The Hall–Kier alpha value is -0.120. The standard InChI is InChI=1S/C5H11NO2/c1-5-7-3-6(2)4-8-5/h5H,3-4H2,1-2H3. The van der Waals surface area contributed by atoms with Crippen LogP contribution >= 0.6 is 0 Å². The molecule has 48 valence electrons. The molecule has 3 nitrogen and oxygen atoms in total. The van der Waals surface area contributed by atoms with Crippen LogP contribution in [0.1, 0.15) is 6.92 Å². The molecule has 1 rings (SSSR count). The summed E-state index contributed by atoms with van der Waals surface area (Å²) in [5.74, 6) is 0. The van der Waals surface area contributed by atoms with E-state index < -0.39 is 0 Å². The van der Waals surface area contributed by atoms with Crippen molar-refractivity contribution in [2.75, 3.05) is 20.5 Å². The van der Waals surface area contributed by atoms with Gasteiger partial charge in [-0.2, -0.15) is 0 Å². The molecule has 0 amide bonds. The molecule has 1 fully saturated rings. The summed E-state index contributed by atoms with van der Waals surface area (Å²) in [6.07, 6.45) is -0.0220. The number of nitrogens with zero attached hydrogens (tertiary/aromatic N) is 1. The second-order valence-corrected chi connectivity index (χ2v) is 2.02. The van der Waals surface area contributed by atoms with Gasteiger partial charge in [0.05, 0.1) is 0 Å². The number of hydrogen-bond donors (Lipinski definition) is 0. The van der Waals surface area contributed by atoms with Crippen LogP contribution in [0.2, 0.25) is 0 Å². The molecule has 1 aliphatic rings. The number of rotatable bonds is 0. The lowest BCUT2D eigenvalue weighted by Gasteiger charge is -2.26. The largest absolute Gasteiger partial charge is 0.337 e. The molecular weight excluding hydrogens is 106 g/mol. The molecule has 0 radical (unpaired) electrons. The molecule has 0 aromatic heterocycles. The molecule has 0 aromatic rings. The number of hydrogen-bond acceptors (Lipinski definition) is 3. The summed E-state index contributed by atoms with van der Waals surface area (Å²) in [4.78, 5) is 1.96. The van der Waals surface area contributed by atoms with E-state index in [2.05, 4.69) is 0 Å². The summed E-state index contributed by atoms with van der Waals surface area (Å²) in [6.45, 7) is 3.26. The van der Waals surface area contributed by atoms with Crippen LogP contribution < -0.4 is 0 Å². The highest BCUT2D eigenvalue weighted by Gasteiger charge is 2.10. The lowest BCUT2D eigenvalue weighted by atomic mass is 10.7. The Morgan fingerprint density at radius 1 is 1.38 bits per heavy atom. The van der Waals surface area contributed by atoms with Gasteiger partial charge in [-0.1, -0.05) is 0 Å². The molecule has 0 N–H and O–H groups in total. The van der Waals surface area contributed by atoms with Crippen LogP contribution in [-0.4, -0.2) is 31.7 Å². The first-order chi connectivity index (χ1) is 3.79. The van der Waals surface area contributed by atoms with Gasteiger partial charge in [0.15, 0.2) is 6.29 Å². The van der Waals surface area contributed by atoms with Crippen molar-refractivity contribution in [3.05, 3.63) is 0 Å². The second-order valence-electron chi connectivity index (χ2n) is 2.02. The van der Waals surface area contributed by atoms with Crippen molar-refractivity contribution in [2.24, 2.45) is 0 Å². The third-order valence-electron chi connectivity index (χ3n) is 1.06. The first-order valence-electron chi connectivity index (χ1n) is 2.71. The van der Waals surface area contributed by atoms with Crippen molar-refractivity contribution in [3.8, 4) is 0 Å². The van der Waals surface area contributed by atoms with Crippen LogP contribution in [0.15, 0.2) is 0 Å². The summed E-state index contributed by atoms with van der Waals surface area (Å²) >= 11 is 0. The zero-order valence-corrected chi connectivity index (χ0v) is 5.26. The van der Waals surface area contributed by atoms with E-state index in [9.17, 15) is 0 Å². The van der Waals surface area contributed by atoms with Gasteiger partial charge < -0.3 is 9.47 Å². The van der Waals surface area contributed by atoms with Gasteiger partial charge in [-0.3, -0.25) is 4.90 Å². The normalized spacial score (nSPS) is 26.2. The quantitative estimate of drug-likeness (QED) is 0.453. The van der Waals surface area contributed by atoms with Gasteiger partial charge in [-0.15, -0.1) is 0 Å². The minimum Gasteiger partial charge on any atom is -0.337 e. The Morgan fingerprint density at radius 2 is 1.88 bits per heavy atom. The van der Waals surface area contributed by atoms with E-state index in [0.717, 1.165) is 0 Å². The highest BCUT2D eigenvalue weighted by atomic mass is 16.7. The SMILES string of the molecule is CC1OCN(C)CO1. The van der Waals surface area contributed by atoms with Gasteiger partial charge in [-0.25, -0.2) is 0 Å². The van der Waals surface area contributed by atoms with E-state index in [4.69, 9.17) is 9.47 Å². The fourth-order valence-electron chi connectivity index (χ4n) is 0.550.